The van der Waals surface area contributed by atoms with E-state index in [1.165, 1.54) is 19.1 Å². The summed E-state index contributed by atoms with van der Waals surface area (Å²) >= 11 is 0. The number of alkyl halides is 2. The van der Waals surface area contributed by atoms with Gasteiger partial charge in [-0.2, -0.15) is 0 Å². The van der Waals surface area contributed by atoms with E-state index in [0.29, 0.717) is 6.42 Å². The van der Waals surface area contributed by atoms with E-state index in [1.807, 2.05) is 0 Å². The largest absolute Gasteiger partial charge is 0.458 e. The first-order chi connectivity index (χ1) is 17.1. The van der Waals surface area contributed by atoms with Crippen LogP contribution in [-0.2, 0) is 28.7 Å². The molecule has 37 heavy (non-hydrogen) atoms. The maximum absolute atomic E-state index is 17.5. The van der Waals surface area contributed by atoms with Crippen LogP contribution in [0.3, 0.4) is 0 Å². The Hall–Kier alpha value is -2.42. The number of fused-ring (bicyclic) bond motifs is 5. The summed E-state index contributed by atoms with van der Waals surface area (Å²) in [6.07, 6.45) is 0.634. The van der Waals surface area contributed by atoms with Crippen molar-refractivity contribution in [1.29, 1.82) is 0 Å². The number of ether oxygens (including phenoxy) is 2. The molecule has 0 amide bonds. The molecule has 0 bridgehead atoms. The maximum Gasteiger partial charge on any atom is 0.306 e. The van der Waals surface area contributed by atoms with E-state index in [0.717, 1.165) is 13.0 Å². The summed E-state index contributed by atoms with van der Waals surface area (Å²) in [4.78, 5) is 50.0. The first-order valence-corrected chi connectivity index (χ1v) is 13.0. The van der Waals surface area contributed by atoms with Gasteiger partial charge in [-0.25, -0.2) is 8.78 Å². The Morgan fingerprint density at radius 3 is 2.49 bits per heavy atom. The summed E-state index contributed by atoms with van der Waals surface area (Å²) in [6.45, 7) is 7.27. The van der Waals surface area contributed by atoms with Gasteiger partial charge in [0.05, 0.1) is 6.10 Å². The highest BCUT2D eigenvalue weighted by Crippen LogP contribution is 2.75. The molecule has 7 nitrogen and oxygen atoms in total. The predicted octanol–water partition coefficient (Wildman–Crippen LogP) is 3.91. The first-order valence-electron chi connectivity index (χ1n) is 13.0. The number of aliphatic hydroxyl groups excluding tert-OH is 1. The van der Waals surface area contributed by atoms with Gasteiger partial charge in [-0.3, -0.25) is 19.2 Å². The molecule has 0 unspecified atom stereocenters. The van der Waals surface area contributed by atoms with Crippen molar-refractivity contribution in [3.05, 3.63) is 23.8 Å². The van der Waals surface area contributed by atoms with Gasteiger partial charge in [0, 0.05) is 30.1 Å². The van der Waals surface area contributed by atoms with Crippen molar-refractivity contribution in [1.82, 2.24) is 0 Å². The van der Waals surface area contributed by atoms with E-state index in [-0.39, 0.29) is 37.7 Å². The van der Waals surface area contributed by atoms with Crippen LogP contribution in [0.4, 0.5) is 8.78 Å². The molecule has 8 atom stereocenters. The molecule has 3 saturated carbocycles. The minimum atomic E-state index is -2.34. The fourth-order valence-electron chi connectivity index (χ4n) is 7.97. The highest BCUT2D eigenvalue weighted by atomic mass is 19.1. The van der Waals surface area contributed by atoms with Crippen LogP contribution in [0, 0.1) is 22.2 Å². The number of hydrogen-bond donors (Lipinski definition) is 1. The van der Waals surface area contributed by atoms with Gasteiger partial charge in [-0.05, 0) is 62.2 Å². The number of rotatable bonds is 6. The molecule has 0 spiro atoms. The molecule has 0 aliphatic heterocycles. The third kappa shape index (κ3) is 3.52. The topological polar surface area (TPSA) is 107 Å². The minimum absolute atomic E-state index is 0.00886. The molecule has 1 N–H and O–H groups in total. The molecule has 0 aromatic rings. The van der Waals surface area contributed by atoms with E-state index < -0.39 is 75.8 Å². The number of esters is 2. The molecule has 0 heterocycles. The lowest BCUT2D eigenvalue weighted by molar-refractivity contribution is -0.255. The number of ketones is 2. The molecule has 4 aliphatic carbocycles. The number of hydrogen-bond acceptors (Lipinski definition) is 7. The van der Waals surface area contributed by atoms with E-state index in [2.05, 4.69) is 0 Å². The van der Waals surface area contributed by atoms with E-state index in [9.17, 15) is 24.3 Å². The third-order valence-corrected chi connectivity index (χ3v) is 10.2. The van der Waals surface area contributed by atoms with Crippen LogP contribution in [0.25, 0.3) is 0 Å². The third-order valence-electron chi connectivity index (χ3n) is 10.2. The summed E-state index contributed by atoms with van der Waals surface area (Å²) < 4.78 is 44.1. The second-order valence-corrected chi connectivity index (χ2v) is 11.8. The molecule has 204 valence electrons. The zero-order chi connectivity index (χ0) is 27.6. The first kappa shape index (κ1) is 27.6. The SMILES string of the molecule is CCCC(=O)O[C@]1(C(=O)COC(C)=O)CC[C@@]2(C)[C@@H]3C[C@H](F)C4=CC(=O)C=C[C@]4(C)[C@@]3(F)[C@@H](O)C[C@]12C. The van der Waals surface area contributed by atoms with Crippen LogP contribution in [0.15, 0.2) is 23.8 Å². The fourth-order valence-corrected chi connectivity index (χ4v) is 7.97. The van der Waals surface area contributed by atoms with Gasteiger partial charge in [-0.1, -0.05) is 26.8 Å². The van der Waals surface area contributed by atoms with Crippen molar-refractivity contribution in [3.63, 3.8) is 0 Å². The summed E-state index contributed by atoms with van der Waals surface area (Å²) in [5.74, 6) is -3.43. The Kier molecular flexibility index (Phi) is 6.58. The molecule has 9 heteroatoms. The molecule has 0 aromatic carbocycles. The number of aliphatic hydroxyl groups is 1. The number of allylic oxidation sites excluding steroid dienone is 4. The quantitative estimate of drug-likeness (QED) is 0.527. The smallest absolute Gasteiger partial charge is 0.306 e. The Morgan fingerprint density at radius 1 is 1.19 bits per heavy atom. The second-order valence-electron chi connectivity index (χ2n) is 11.8. The predicted molar refractivity (Wildman–Crippen MR) is 129 cm³/mol. The minimum Gasteiger partial charge on any atom is -0.458 e. The highest BCUT2D eigenvalue weighted by molar-refractivity contribution is 6.01. The van der Waals surface area contributed by atoms with Crippen molar-refractivity contribution in [2.75, 3.05) is 6.61 Å². The zero-order valence-corrected chi connectivity index (χ0v) is 22.1. The van der Waals surface area contributed by atoms with Gasteiger partial charge >= 0.3 is 11.9 Å². The Morgan fingerprint density at radius 2 is 1.86 bits per heavy atom. The Labute approximate surface area is 215 Å². The standard InChI is InChI=1S/C28H36F2O7/c1-6-7-23(35)37-27(22(34)15-36-16(2)31)11-10-25(4)20-13-19(29)18-12-17(32)8-9-24(18,3)28(20,30)21(33)14-26(25,27)5/h8-9,12,19-21,33H,6-7,10-11,13-15H2,1-5H3/t19-,20-,21-,24-,25-,26-,27-,28-/m0/s1. The Bertz CT molecular complexity index is 1100. The number of carbonyl (C=O) groups is 4. The van der Waals surface area contributed by atoms with Gasteiger partial charge in [-0.15, -0.1) is 0 Å². The van der Waals surface area contributed by atoms with Crippen molar-refractivity contribution < 1.29 is 42.5 Å². The van der Waals surface area contributed by atoms with Gasteiger partial charge in [0.2, 0.25) is 5.78 Å². The van der Waals surface area contributed by atoms with Gasteiger partial charge in [0.1, 0.15) is 6.17 Å². The molecule has 4 aliphatic rings. The lowest BCUT2D eigenvalue weighted by Gasteiger charge is -2.67. The van der Waals surface area contributed by atoms with Gasteiger partial charge in [0.15, 0.2) is 23.7 Å². The highest BCUT2D eigenvalue weighted by Gasteiger charge is 2.80. The average Bonchev–Trinajstić information content (AvgIpc) is 3.04. The second kappa shape index (κ2) is 8.82. The number of carbonyl (C=O) groups excluding carboxylic acids is 4. The lowest BCUT2D eigenvalue weighted by Crippen LogP contribution is -2.73. The summed E-state index contributed by atoms with van der Waals surface area (Å²) in [5.41, 5.74) is -8.05. The molecule has 3 fully saturated rings. The number of Topliss-reactive ketones (excluding diaryl/α,β-unsaturated/α-hetero) is 1. The lowest BCUT2D eigenvalue weighted by atomic mass is 9.39. The van der Waals surface area contributed by atoms with Crippen LogP contribution in [0.5, 0.6) is 0 Å². The summed E-state index contributed by atoms with van der Waals surface area (Å²) in [6, 6.07) is 0. The molecule has 0 saturated heterocycles. The van der Waals surface area contributed by atoms with Crippen molar-refractivity contribution in [2.45, 2.75) is 96.7 Å². The van der Waals surface area contributed by atoms with Gasteiger partial charge in [0.25, 0.3) is 0 Å². The maximum atomic E-state index is 17.5. The van der Waals surface area contributed by atoms with Crippen LogP contribution in [-0.4, -0.2) is 58.8 Å². The molecular formula is C28H36F2O7. The van der Waals surface area contributed by atoms with Crippen molar-refractivity contribution in [3.8, 4) is 0 Å². The fraction of sp³-hybridized carbons (Fsp3) is 0.714. The monoisotopic (exact) mass is 522 g/mol. The molecule has 0 radical (unpaired) electrons. The summed E-state index contributed by atoms with van der Waals surface area (Å²) in [7, 11) is 0. The van der Waals surface area contributed by atoms with Crippen LogP contribution in [0.2, 0.25) is 0 Å². The van der Waals surface area contributed by atoms with Gasteiger partial charge < -0.3 is 14.6 Å². The average molecular weight is 523 g/mol. The molecular weight excluding hydrogens is 486 g/mol. The Balaban J connectivity index is 1.85. The van der Waals surface area contributed by atoms with Crippen molar-refractivity contribution >= 4 is 23.5 Å². The van der Waals surface area contributed by atoms with E-state index in [4.69, 9.17) is 9.47 Å². The molecule has 4 rings (SSSR count). The van der Waals surface area contributed by atoms with E-state index >= 15 is 8.78 Å². The summed E-state index contributed by atoms with van der Waals surface area (Å²) in [5, 5.41) is 11.5. The normalized spacial score (nSPS) is 44.3. The van der Waals surface area contributed by atoms with Crippen LogP contribution >= 0.6 is 0 Å². The molecule has 0 aromatic heterocycles. The number of halogens is 2. The zero-order valence-electron chi connectivity index (χ0n) is 22.1. The van der Waals surface area contributed by atoms with Crippen LogP contribution < -0.4 is 0 Å². The van der Waals surface area contributed by atoms with Crippen LogP contribution in [0.1, 0.15) is 73.1 Å². The van der Waals surface area contributed by atoms with E-state index in [1.54, 1.807) is 20.8 Å². The van der Waals surface area contributed by atoms with Crippen molar-refractivity contribution in [2.24, 2.45) is 22.2 Å².